The maximum Gasteiger partial charge on any atom is 0.162 e. The molecular weight excluding hydrogens is 200 g/mol. The average Bonchev–Trinajstić information content (AvgIpc) is 2.34. The lowest BCUT2D eigenvalue weighted by molar-refractivity contribution is 0.286. The van der Waals surface area contributed by atoms with Crippen LogP contribution in [-0.2, 0) is 0 Å². The third-order valence-corrected chi connectivity index (χ3v) is 2.34. The molecule has 0 aliphatic carbocycles. The van der Waals surface area contributed by atoms with Crippen LogP contribution in [-0.4, -0.2) is 13.7 Å². The summed E-state index contributed by atoms with van der Waals surface area (Å²) in [4.78, 5) is 0. The molecule has 0 atom stereocenters. The Balaban J connectivity index is 2.65. The van der Waals surface area contributed by atoms with E-state index in [0.717, 1.165) is 23.5 Å². The molecule has 0 aromatic heterocycles. The zero-order chi connectivity index (χ0) is 11.8. The minimum absolute atomic E-state index is 0.707. The van der Waals surface area contributed by atoms with Gasteiger partial charge in [-0.25, -0.2) is 0 Å². The first-order chi connectivity index (χ1) is 7.81. The van der Waals surface area contributed by atoms with Gasteiger partial charge in [-0.2, -0.15) is 0 Å². The average molecular weight is 218 g/mol. The van der Waals surface area contributed by atoms with Crippen LogP contribution in [0.4, 0.5) is 0 Å². The van der Waals surface area contributed by atoms with E-state index in [-0.39, 0.29) is 0 Å². The molecule has 0 saturated carbocycles. The van der Waals surface area contributed by atoms with Crippen molar-refractivity contribution in [3.63, 3.8) is 0 Å². The van der Waals surface area contributed by atoms with Gasteiger partial charge in [-0.1, -0.05) is 25.7 Å². The molecule has 0 saturated heterocycles. The van der Waals surface area contributed by atoms with Crippen molar-refractivity contribution in [1.82, 2.24) is 0 Å². The summed E-state index contributed by atoms with van der Waals surface area (Å²) in [6.45, 7) is 2.87. The van der Waals surface area contributed by atoms with Crippen molar-refractivity contribution in [2.75, 3.05) is 13.7 Å². The first-order valence-corrected chi connectivity index (χ1v) is 5.59. The maximum absolute atomic E-state index is 5.65. The zero-order valence-electron chi connectivity index (χ0n) is 9.95. The highest BCUT2D eigenvalue weighted by molar-refractivity contribution is 5.47. The number of hydrogen-bond donors (Lipinski definition) is 0. The Kier molecular flexibility index (Phi) is 5.28. The lowest BCUT2D eigenvalue weighted by atomic mass is 10.2. The van der Waals surface area contributed by atoms with E-state index in [9.17, 15) is 0 Å². The van der Waals surface area contributed by atoms with Gasteiger partial charge < -0.3 is 9.47 Å². The molecule has 1 aromatic carbocycles. The normalized spacial score (nSPS) is 9.56. The molecule has 0 spiro atoms. The highest BCUT2D eigenvalue weighted by Crippen LogP contribution is 2.27. The van der Waals surface area contributed by atoms with Gasteiger partial charge in [0, 0.05) is 5.56 Å². The molecule has 16 heavy (non-hydrogen) atoms. The van der Waals surface area contributed by atoms with E-state index in [0.29, 0.717) is 6.61 Å². The van der Waals surface area contributed by atoms with E-state index in [2.05, 4.69) is 12.8 Å². The van der Waals surface area contributed by atoms with E-state index < -0.39 is 0 Å². The number of methoxy groups -OCH3 is 1. The van der Waals surface area contributed by atoms with Crippen molar-refractivity contribution >= 4 is 0 Å². The second-order valence-electron chi connectivity index (χ2n) is 3.57. The van der Waals surface area contributed by atoms with E-state index >= 15 is 0 Å². The fraction of sp³-hybridized carbons (Fsp3) is 0.429. The quantitative estimate of drug-likeness (QED) is 0.539. The molecule has 1 aromatic rings. The predicted octanol–water partition coefficient (Wildman–Crippen LogP) is 3.25. The molecule has 86 valence electrons. The number of terminal acetylenes is 1. The van der Waals surface area contributed by atoms with Gasteiger partial charge in [0.2, 0.25) is 0 Å². The van der Waals surface area contributed by atoms with Crippen LogP contribution in [0, 0.1) is 12.3 Å². The van der Waals surface area contributed by atoms with E-state index in [1.807, 2.05) is 18.2 Å². The Morgan fingerprint density at radius 3 is 2.69 bits per heavy atom. The van der Waals surface area contributed by atoms with Crippen LogP contribution in [0.2, 0.25) is 0 Å². The van der Waals surface area contributed by atoms with E-state index in [1.165, 1.54) is 12.8 Å². The van der Waals surface area contributed by atoms with Gasteiger partial charge in [-0.15, -0.1) is 6.42 Å². The number of benzene rings is 1. The first kappa shape index (κ1) is 12.4. The van der Waals surface area contributed by atoms with Gasteiger partial charge in [0.15, 0.2) is 11.5 Å². The van der Waals surface area contributed by atoms with Crippen LogP contribution < -0.4 is 9.47 Å². The molecule has 0 fully saturated rings. The topological polar surface area (TPSA) is 18.5 Å². The summed E-state index contributed by atoms with van der Waals surface area (Å²) in [5.74, 6) is 4.05. The van der Waals surface area contributed by atoms with Crippen molar-refractivity contribution in [1.29, 1.82) is 0 Å². The molecule has 1 rings (SSSR count). The van der Waals surface area contributed by atoms with Crippen molar-refractivity contribution < 1.29 is 9.47 Å². The summed E-state index contributed by atoms with van der Waals surface area (Å²) < 4.78 is 10.9. The molecule has 0 unspecified atom stereocenters. The zero-order valence-corrected chi connectivity index (χ0v) is 9.95. The summed E-state index contributed by atoms with van der Waals surface area (Å²) in [5.41, 5.74) is 0.811. The smallest absolute Gasteiger partial charge is 0.162 e. The summed E-state index contributed by atoms with van der Waals surface area (Å²) in [7, 11) is 1.63. The molecule has 0 N–H and O–H groups in total. The SMILES string of the molecule is C#Cc1ccc(OC)c(OCCCCC)c1. The van der Waals surface area contributed by atoms with Crippen LogP contribution in [0.1, 0.15) is 31.7 Å². The number of ether oxygens (including phenoxy) is 2. The van der Waals surface area contributed by atoms with Gasteiger partial charge >= 0.3 is 0 Å². The number of hydrogen-bond acceptors (Lipinski definition) is 2. The Labute approximate surface area is 97.6 Å². The second kappa shape index (κ2) is 6.79. The molecular formula is C14H18O2. The van der Waals surface area contributed by atoms with Crippen LogP contribution in [0.3, 0.4) is 0 Å². The second-order valence-corrected chi connectivity index (χ2v) is 3.57. The fourth-order valence-electron chi connectivity index (χ4n) is 1.41. The molecule has 2 heteroatoms. The van der Waals surface area contributed by atoms with Crippen LogP contribution in [0.25, 0.3) is 0 Å². The lowest BCUT2D eigenvalue weighted by Gasteiger charge is -2.10. The Morgan fingerprint density at radius 2 is 2.06 bits per heavy atom. The summed E-state index contributed by atoms with van der Waals surface area (Å²) in [6, 6.07) is 5.52. The molecule has 0 radical (unpaired) electrons. The Morgan fingerprint density at radius 1 is 1.25 bits per heavy atom. The van der Waals surface area contributed by atoms with Crippen molar-refractivity contribution in [2.45, 2.75) is 26.2 Å². The predicted molar refractivity (Wildman–Crippen MR) is 65.9 cm³/mol. The highest BCUT2D eigenvalue weighted by Gasteiger charge is 2.04. The summed E-state index contributed by atoms with van der Waals surface area (Å²) >= 11 is 0. The number of unbranched alkanes of at least 4 members (excludes halogenated alkanes) is 2. The maximum atomic E-state index is 5.65. The third kappa shape index (κ3) is 3.51. The molecule has 0 bridgehead atoms. The Hall–Kier alpha value is -1.62. The Bertz CT molecular complexity index is 363. The number of rotatable bonds is 6. The molecule has 0 amide bonds. The van der Waals surface area contributed by atoms with Crippen molar-refractivity contribution in [3.8, 4) is 23.8 Å². The van der Waals surface area contributed by atoms with Crippen LogP contribution in [0.15, 0.2) is 18.2 Å². The van der Waals surface area contributed by atoms with E-state index in [4.69, 9.17) is 15.9 Å². The van der Waals surface area contributed by atoms with Gasteiger partial charge in [0.1, 0.15) is 0 Å². The van der Waals surface area contributed by atoms with Gasteiger partial charge in [0.25, 0.3) is 0 Å². The summed E-state index contributed by atoms with van der Waals surface area (Å²) in [6.07, 6.45) is 8.76. The minimum Gasteiger partial charge on any atom is -0.493 e. The standard InChI is InChI=1S/C14H18O2/c1-4-6-7-10-16-14-11-12(5-2)8-9-13(14)15-3/h2,8-9,11H,4,6-7,10H2,1,3H3. The third-order valence-electron chi connectivity index (χ3n) is 2.34. The highest BCUT2D eigenvalue weighted by atomic mass is 16.5. The van der Waals surface area contributed by atoms with Gasteiger partial charge in [-0.3, -0.25) is 0 Å². The van der Waals surface area contributed by atoms with Gasteiger partial charge in [-0.05, 0) is 24.6 Å². The molecule has 0 heterocycles. The van der Waals surface area contributed by atoms with Crippen molar-refractivity contribution in [3.05, 3.63) is 23.8 Å². The largest absolute Gasteiger partial charge is 0.493 e. The monoisotopic (exact) mass is 218 g/mol. The van der Waals surface area contributed by atoms with Crippen LogP contribution in [0.5, 0.6) is 11.5 Å². The lowest BCUT2D eigenvalue weighted by Crippen LogP contribution is -1.99. The van der Waals surface area contributed by atoms with Gasteiger partial charge in [0.05, 0.1) is 13.7 Å². The summed E-state index contributed by atoms with van der Waals surface area (Å²) in [5, 5.41) is 0. The molecule has 0 aliphatic heterocycles. The van der Waals surface area contributed by atoms with E-state index in [1.54, 1.807) is 7.11 Å². The van der Waals surface area contributed by atoms with Crippen molar-refractivity contribution in [2.24, 2.45) is 0 Å². The molecule has 2 nitrogen and oxygen atoms in total. The minimum atomic E-state index is 0.707. The van der Waals surface area contributed by atoms with Crippen LogP contribution >= 0.6 is 0 Å². The fourth-order valence-corrected chi connectivity index (χ4v) is 1.41. The first-order valence-electron chi connectivity index (χ1n) is 5.59. The molecule has 0 aliphatic rings.